The van der Waals surface area contributed by atoms with Crippen LogP contribution in [0.15, 0.2) is 22.7 Å². The maximum absolute atomic E-state index is 11.5. The molecule has 1 aromatic rings. The molecule has 1 atom stereocenters. The molecule has 1 aliphatic rings. The molecule has 2 rings (SSSR count). The number of nitrogens with two attached hydrogens (primary N) is 1. The number of benzene rings is 1. The van der Waals surface area contributed by atoms with Crippen LogP contribution in [0.2, 0.25) is 0 Å². The van der Waals surface area contributed by atoms with Crippen molar-refractivity contribution < 1.29 is 8.42 Å². The summed E-state index contributed by atoms with van der Waals surface area (Å²) >= 11 is 3.42. The maximum Gasteiger partial charge on any atom is 0.153 e. The molecule has 1 aliphatic heterocycles. The van der Waals surface area contributed by atoms with Gasteiger partial charge < -0.3 is 5.73 Å². The van der Waals surface area contributed by atoms with Crippen LogP contribution in [0.1, 0.15) is 12.5 Å². The summed E-state index contributed by atoms with van der Waals surface area (Å²) in [5, 5.41) is 0. The van der Waals surface area contributed by atoms with E-state index in [4.69, 9.17) is 5.73 Å². The van der Waals surface area contributed by atoms with Gasteiger partial charge in [-0.1, -0.05) is 15.9 Å². The molecule has 4 nitrogen and oxygen atoms in total. The lowest BCUT2D eigenvalue weighted by Gasteiger charge is -2.33. The fraction of sp³-hybridized carbons (Fsp3) is 0.500. The fourth-order valence-corrected chi connectivity index (χ4v) is 4.45. The van der Waals surface area contributed by atoms with Crippen molar-refractivity contribution >= 4 is 31.5 Å². The number of rotatable bonds is 2. The van der Waals surface area contributed by atoms with Gasteiger partial charge in [-0.05, 0) is 30.7 Å². The average Bonchev–Trinajstić information content (AvgIpc) is 2.20. The number of halogens is 1. The lowest BCUT2D eigenvalue weighted by Crippen LogP contribution is -2.46. The number of nitrogen functional groups attached to an aromatic ring is 1. The van der Waals surface area contributed by atoms with E-state index in [1.165, 1.54) is 0 Å². The van der Waals surface area contributed by atoms with Gasteiger partial charge in [-0.2, -0.15) is 0 Å². The van der Waals surface area contributed by atoms with Crippen molar-refractivity contribution in [1.82, 2.24) is 4.90 Å². The van der Waals surface area contributed by atoms with E-state index in [2.05, 4.69) is 20.8 Å². The predicted octanol–water partition coefficient (Wildman–Crippen LogP) is 1.65. The zero-order valence-corrected chi connectivity index (χ0v) is 12.7. The molecule has 18 heavy (non-hydrogen) atoms. The summed E-state index contributed by atoms with van der Waals surface area (Å²) in [6, 6.07) is 5.87. The molecule has 0 aliphatic carbocycles. The smallest absolute Gasteiger partial charge is 0.153 e. The van der Waals surface area contributed by atoms with Crippen molar-refractivity contribution in [2.75, 3.05) is 23.8 Å². The molecule has 6 heteroatoms. The second-order valence-electron chi connectivity index (χ2n) is 4.83. The Morgan fingerprint density at radius 1 is 1.44 bits per heavy atom. The molecular weight excluding hydrogens is 316 g/mol. The molecule has 0 bridgehead atoms. The summed E-state index contributed by atoms with van der Waals surface area (Å²) in [5.41, 5.74) is 7.62. The Bertz CT molecular complexity index is 525. The van der Waals surface area contributed by atoms with Crippen LogP contribution in [0.4, 0.5) is 5.69 Å². The number of hydrogen-bond acceptors (Lipinski definition) is 4. The van der Waals surface area contributed by atoms with Crippen LogP contribution in [0.3, 0.4) is 0 Å². The van der Waals surface area contributed by atoms with Gasteiger partial charge in [-0.15, -0.1) is 0 Å². The Morgan fingerprint density at radius 2 is 2.17 bits per heavy atom. The SMILES string of the molecule is CC1CS(=O)(=O)CCN1Cc1cc(N)cc(Br)c1. The molecule has 0 amide bonds. The first-order chi connectivity index (χ1) is 8.35. The molecule has 100 valence electrons. The number of sulfone groups is 1. The Labute approximate surface area is 116 Å². The summed E-state index contributed by atoms with van der Waals surface area (Å²) in [5.74, 6) is 0.497. The van der Waals surface area contributed by atoms with E-state index in [-0.39, 0.29) is 17.5 Å². The van der Waals surface area contributed by atoms with Gasteiger partial charge in [0, 0.05) is 29.3 Å². The standard InChI is InChI=1S/C12H17BrN2O2S/c1-9-8-18(16,17)3-2-15(9)7-10-4-11(13)6-12(14)5-10/h4-6,9H,2-3,7-8,14H2,1H3. The van der Waals surface area contributed by atoms with Crippen LogP contribution in [-0.2, 0) is 16.4 Å². The average molecular weight is 333 g/mol. The molecule has 0 aromatic heterocycles. The Hall–Kier alpha value is -0.590. The second-order valence-corrected chi connectivity index (χ2v) is 7.97. The van der Waals surface area contributed by atoms with Crippen LogP contribution >= 0.6 is 15.9 Å². The highest BCUT2D eigenvalue weighted by molar-refractivity contribution is 9.10. The van der Waals surface area contributed by atoms with Gasteiger partial charge in [0.25, 0.3) is 0 Å². The molecule has 0 spiro atoms. The van der Waals surface area contributed by atoms with Crippen LogP contribution in [0.25, 0.3) is 0 Å². The van der Waals surface area contributed by atoms with E-state index >= 15 is 0 Å². The zero-order chi connectivity index (χ0) is 13.3. The molecule has 1 aromatic carbocycles. The highest BCUT2D eigenvalue weighted by Crippen LogP contribution is 2.21. The fourth-order valence-electron chi connectivity index (χ4n) is 2.27. The molecule has 2 N–H and O–H groups in total. The summed E-state index contributed by atoms with van der Waals surface area (Å²) in [7, 11) is -2.85. The van der Waals surface area contributed by atoms with E-state index in [1.54, 1.807) is 0 Å². The highest BCUT2D eigenvalue weighted by atomic mass is 79.9. The third kappa shape index (κ3) is 3.46. The monoisotopic (exact) mass is 332 g/mol. The Balaban J connectivity index is 2.10. The van der Waals surface area contributed by atoms with Crippen molar-refractivity contribution in [2.45, 2.75) is 19.5 Å². The highest BCUT2D eigenvalue weighted by Gasteiger charge is 2.27. The van der Waals surface area contributed by atoms with Gasteiger partial charge in [0.15, 0.2) is 9.84 Å². The van der Waals surface area contributed by atoms with E-state index in [9.17, 15) is 8.42 Å². The molecule has 0 radical (unpaired) electrons. The van der Waals surface area contributed by atoms with Crippen molar-refractivity contribution in [2.24, 2.45) is 0 Å². The topological polar surface area (TPSA) is 63.4 Å². The number of hydrogen-bond donors (Lipinski definition) is 1. The summed E-state index contributed by atoms with van der Waals surface area (Å²) in [6.45, 7) is 3.29. The number of nitrogens with zero attached hydrogens (tertiary/aromatic N) is 1. The quantitative estimate of drug-likeness (QED) is 0.836. The first kappa shape index (κ1) is 13.8. The first-order valence-electron chi connectivity index (χ1n) is 5.85. The summed E-state index contributed by atoms with van der Waals surface area (Å²) in [6.07, 6.45) is 0. The van der Waals surface area contributed by atoms with Gasteiger partial charge >= 0.3 is 0 Å². The molecule has 1 unspecified atom stereocenters. The molecule has 0 saturated carbocycles. The zero-order valence-electron chi connectivity index (χ0n) is 10.3. The maximum atomic E-state index is 11.5. The lowest BCUT2D eigenvalue weighted by atomic mass is 10.1. The third-order valence-corrected chi connectivity index (χ3v) is 5.43. The van der Waals surface area contributed by atoms with Gasteiger partial charge in [-0.3, -0.25) is 4.90 Å². The molecular formula is C12H17BrN2O2S. The summed E-state index contributed by atoms with van der Waals surface area (Å²) < 4.78 is 24.0. The molecule has 1 saturated heterocycles. The second kappa shape index (κ2) is 5.19. The van der Waals surface area contributed by atoms with Crippen molar-refractivity contribution in [3.05, 3.63) is 28.2 Å². The lowest BCUT2D eigenvalue weighted by molar-refractivity contribution is 0.218. The molecule has 1 heterocycles. The minimum absolute atomic E-state index is 0.0592. The van der Waals surface area contributed by atoms with E-state index in [0.29, 0.717) is 6.54 Å². The van der Waals surface area contributed by atoms with E-state index < -0.39 is 9.84 Å². The first-order valence-corrected chi connectivity index (χ1v) is 8.46. The predicted molar refractivity (Wildman–Crippen MR) is 77.1 cm³/mol. The third-order valence-electron chi connectivity index (χ3n) is 3.17. The van der Waals surface area contributed by atoms with Gasteiger partial charge in [0.1, 0.15) is 0 Å². The van der Waals surface area contributed by atoms with Gasteiger partial charge in [0.2, 0.25) is 0 Å². The largest absolute Gasteiger partial charge is 0.399 e. The minimum Gasteiger partial charge on any atom is -0.399 e. The minimum atomic E-state index is -2.85. The number of anilines is 1. The van der Waals surface area contributed by atoms with Gasteiger partial charge in [-0.25, -0.2) is 8.42 Å². The van der Waals surface area contributed by atoms with E-state index in [0.717, 1.165) is 22.3 Å². The van der Waals surface area contributed by atoms with Crippen LogP contribution in [0.5, 0.6) is 0 Å². The molecule has 1 fully saturated rings. The van der Waals surface area contributed by atoms with Crippen molar-refractivity contribution in [3.63, 3.8) is 0 Å². The summed E-state index contributed by atoms with van der Waals surface area (Å²) in [4.78, 5) is 2.18. The van der Waals surface area contributed by atoms with Crippen molar-refractivity contribution in [1.29, 1.82) is 0 Å². The normalized spacial score (nSPS) is 24.0. The van der Waals surface area contributed by atoms with Crippen LogP contribution in [0, 0.1) is 0 Å². The van der Waals surface area contributed by atoms with Crippen molar-refractivity contribution in [3.8, 4) is 0 Å². The van der Waals surface area contributed by atoms with E-state index in [1.807, 2.05) is 25.1 Å². The van der Waals surface area contributed by atoms with Crippen LogP contribution < -0.4 is 5.73 Å². The Kier molecular flexibility index (Phi) is 3.99. The Morgan fingerprint density at radius 3 is 2.78 bits per heavy atom. The van der Waals surface area contributed by atoms with Gasteiger partial charge in [0.05, 0.1) is 11.5 Å². The van der Waals surface area contributed by atoms with Crippen LogP contribution in [-0.4, -0.2) is 37.4 Å².